The third-order valence-electron chi connectivity index (χ3n) is 1.56. The van der Waals surface area contributed by atoms with Crippen molar-refractivity contribution < 1.29 is 4.79 Å². The van der Waals surface area contributed by atoms with Crippen LogP contribution in [-0.4, -0.2) is 12.0 Å². The molecule has 0 aliphatic carbocycles. The monoisotopic (exact) mass is 305 g/mol. The number of carbonyl (C=O) groups excluding carboxylic acids is 1. The van der Waals surface area contributed by atoms with Crippen LogP contribution in [-0.2, 0) is 0 Å². The fraction of sp³-hybridized carbons (Fsp3) is 0.111. The molecule has 0 N–H and O–H groups in total. The SMILES string of the molecule is CC(=O)c1ccc(/C=N/SI)cc1. The van der Waals surface area contributed by atoms with Gasteiger partial charge in [-0.15, -0.1) is 0 Å². The molecule has 0 aliphatic heterocycles. The van der Waals surface area contributed by atoms with E-state index in [0.717, 1.165) is 11.1 Å². The first-order valence-corrected chi connectivity index (χ1v) is 6.98. The third kappa shape index (κ3) is 3.48. The molecule has 0 amide bonds. The number of rotatable bonds is 3. The number of Topliss-reactive ketones (excluding diaryl/α,β-unsaturated/α-hetero) is 1. The molecule has 0 unspecified atom stereocenters. The minimum Gasteiger partial charge on any atom is -0.295 e. The van der Waals surface area contributed by atoms with Crippen LogP contribution >= 0.6 is 30.3 Å². The highest BCUT2D eigenvalue weighted by molar-refractivity contribution is 14.2. The van der Waals surface area contributed by atoms with E-state index in [2.05, 4.69) is 25.6 Å². The Bertz CT molecular complexity index is 321. The third-order valence-corrected chi connectivity index (χ3v) is 2.43. The average molecular weight is 305 g/mol. The molecule has 0 heterocycles. The van der Waals surface area contributed by atoms with Crippen molar-refractivity contribution in [2.75, 3.05) is 0 Å². The standard InChI is InChI=1S/C9H8INOS/c1-7(12)9-4-2-8(3-5-9)6-11-13-10/h2-6H,1H3/b11-6+. The van der Waals surface area contributed by atoms with Crippen LogP contribution in [0.3, 0.4) is 0 Å². The van der Waals surface area contributed by atoms with Crippen LogP contribution < -0.4 is 0 Å². The molecule has 0 bridgehead atoms. The topological polar surface area (TPSA) is 29.4 Å². The van der Waals surface area contributed by atoms with Gasteiger partial charge in [0.05, 0.1) is 0 Å². The molecule has 0 aliphatic rings. The Labute approximate surface area is 93.6 Å². The second kappa shape index (κ2) is 5.39. The van der Waals surface area contributed by atoms with E-state index in [9.17, 15) is 4.79 Å². The first-order valence-electron chi connectivity index (χ1n) is 3.66. The Morgan fingerprint density at radius 1 is 1.46 bits per heavy atom. The van der Waals surface area contributed by atoms with Crippen molar-refractivity contribution in [3.8, 4) is 0 Å². The molecule has 4 heteroatoms. The minimum atomic E-state index is 0.0896. The Morgan fingerprint density at radius 2 is 2.08 bits per heavy atom. The lowest BCUT2D eigenvalue weighted by atomic mass is 10.1. The van der Waals surface area contributed by atoms with Gasteiger partial charge in [0.15, 0.2) is 5.78 Å². The molecule has 0 saturated carbocycles. The van der Waals surface area contributed by atoms with Gasteiger partial charge in [0.25, 0.3) is 0 Å². The minimum absolute atomic E-state index is 0.0896. The lowest BCUT2D eigenvalue weighted by molar-refractivity contribution is 0.101. The van der Waals surface area contributed by atoms with Gasteiger partial charge in [-0.25, -0.2) is 4.40 Å². The molecule has 0 spiro atoms. The highest BCUT2D eigenvalue weighted by atomic mass is 127. The maximum absolute atomic E-state index is 10.9. The molecule has 68 valence electrons. The van der Waals surface area contributed by atoms with E-state index >= 15 is 0 Å². The van der Waals surface area contributed by atoms with E-state index in [-0.39, 0.29) is 5.78 Å². The van der Waals surface area contributed by atoms with Gasteiger partial charge >= 0.3 is 0 Å². The van der Waals surface area contributed by atoms with Crippen molar-refractivity contribution in [2.24, 2.45) is 4.40 Å². The van der Waals surface area contributed by atoms with Gasteiger partial charge in [-0.1, -0.05) is 24.3 Å². The summed E-state index contributed by atoms with van der Waals surface area (Å²) in [6.07, 6.45) is 1.76. The van der Waals surface area contributed by atoms with E-state index in [0.29, 0.717) is 0 Å². The predicted octanol–water partition coefficient (Wildman–Crippen LogP) is 3.31. The van der Waals surface area contributed by atoms with E-state index in [1.807, 2.05) is 24.3 Å². The van der Waals surface area contributed by atoms with Gasteiger partial charge in [0.2, 0.25) is 0 Å². The smallest absolute Gasteiger partial charge is 0.159 e. The summed E-state index contributed by atoms with van der Waals surface area (Å²) in [4.78, 5) is 10.9. The van der Waals surface area contributed by atoms with Crippen molar-refractivity contribution in [1.82, 2.24) is 0 Å². The normalized spacial score (nSPS) is 10.6. The summed E-state index contributed by atoms with van der Waals surface area (Å²) in [7, 11) is 1.38. The maximum Gasteiger partial charge on any atom is 0.159 e. The zero-order valence-electron chi connectivity index (χ0n) is 7.03. The van der Waals surface area contributed by atoms with Crippen LogP contribution in [0.5, 0.6) is 0 Å². The molecule has 0 saturated heterocycles. The number of hydrogen-bond donors (Lipinski definition) is 0. The zero-order chi connectivity index (χ0) is 9.68. The van der Waals surface area contributed by atoms with Crippen molar-refractivity contribution in [1.29, 1.82) is 0 Å². The fourth-order valence-corrected chi connectivity index (χ4v) is 1.39. The van der Waals surface area contributed by atoms with E-state index in [1.165, 1.54) is 9.12 Å². The summed E-state index contributed by atoms with van der Waals surface area (Å²) >= 11 is 2.10. The maximum atomic E-state index is 10.9. The Balaban J connectivity index is 2.81. The summed E-state index contributed by atoms with van der Waals surface area (Å²) in [5.41, 5.74) is 1.74. The van der Waals surface area contributed by atoms with Crippen LogP contribution in [0.4, 0.5) is 0 Å². The Kier molecular flexibility index (Phi) is 4.44. The first-order chi connectivity index (χ1) is 6.24. The van der Waals surface area contributed by atoms with Crippen molar-refractivity contribution in [2.45, 2.75) is 6.92 Å². The molecule has 1 aromatic carbocycles. The van der Waals surface area contributed by atoms with Gasteiger partial charge < -0.3 is 0 Å². The predicted molar refractivity (Wildman–Crippen MR) is 65.7 cm³/mol. The first kappa shape index (κ1) is 10.7. The molecular weight excluding hydrogens is 297 g/mol. The lowest BCUT2D eigenvalue weighted by Gasteiger charge is -1.95. The molecule has 1 rings (SSSR count). The molecule has 13 heavy (non-hydrogen) atoms. The van der Waals surface area contributed by atoms with Crippen molar-refractivity contribution >= 4 is 42.3 Å². The van der Waals surface area contributed by atoms with Gasteiger partial charge in [-0.2, -0.15) is 0 Å². The number of benzene rings is 1. The molecule has 0 atom stereocenters. The van der Waals surface area contributed by atoms with Crippen molar-refractivity contribution in [3.05, 3.63) is 35.4 Å². The highest BCUT2D eigenvalue weighted by Crippen LogP contribution is 2.12. The Morgan fingerprint density at radius 3 is 2.54 bits per heavy atom. The largest absolute Gasteiger partial charge is 0.295 e. The van der Waals surface area contributed by atoms with Crippen LogP contribution in [0.25, 0.3) is 0 Å². The summed E-state index contributed by atoms with van der Waals surface area (Å²) in [5, 5.41) is 0. The zero-order valence-corrected chi connectivity index (χ0v) is 10.0. The second-order valence-electron chi connectivity index (χ2n) is 2.48. The van der Waals surface area contributed by atoms with Crippen molar-refractivity contribution in [3.63, 3.8) is 0 Å². The van der Waals surface area contributed by atoms with Gasteiger partial charge in [0, 0.05) is 42.1 Å². The quantitative estimate of drug-likeness (QED) is 0.371. The van der Waals surface area contributed by atoms with Crippen LogP contribution in [0.1, 0.15) is 22.8 Å². The molecule has 2 nitrogen and oxygen atoms in total. The second-order valence-corrected chi connectivity index (χ2v) is 4.01. The average Bonchev–Trinajstić information content (AvgIpc) is 2.15. The molecule has 0 radical (unpaired) electrons. The van der Waals surface area contributed by atoms with Crippen LogP contribution in [0, 0.1) is 0 Å². The number of ketones is 1. The molecular formula is C9H8INOS. The van der Waals surface area contributed by atoms with Gasteiger partial charge in [0.1, 0.15) is 0 Å². The number of nitrogens with zero attached hydrogens (tertiary/aromatic N) is 1. The van der Waals surface area contributed by atoms with E-state index < -0.39 is 0 Å². The summed E-state index contributed by atoms with van der Waals surface area (Å²) in [5.74, 6) is 0.0896. The molecule has 1 aromatic rings. The van der Waals surface area contributed by atoms with Gasteiger partial charge in [-0.05, 0) is 12.5 Å². The Hall–Kier alpha value is -0.360. The summed E-state index contributed by atoms with van der Waals surface area (Å²) in [6, 6.07) is 7.38. The molecule has 0 aromatic heterocycles. The van der Waals surface area contributed by atoms with Gasteiger partial charge in [-0.3, -0.25) is 4.79 Å². The van der Waals surface area contributed by atoms with Crippen LogP contribution in [0.15, 0.2) is 28.7 Å². The lowest BCUT2D eigenvalue weighted by Crippen LogP contribution is -1.91. The summed E-state index contributed by atoms with van der Waals surface area (Å²) in [6.45, 7) is 1.56. The summed E-state index contributed by atoms with van der Waals surface area (Å²) < 4.78 is 4.01. The number of halogens is 1. The number of carbonyl (C=O) groups is 1. The van der Waals surface area contributed by atoms with E-state index in [1.54, 1.807) is 13.1 Å². The highest BCUT2D eigenvalue weighted by Gasteiger charge is 1.96. The number of hydrogen-bond acceptors (Lipinski definition) is 3. The fourth-order valence-electron chi connectivity index (χ4n) is 0.885. The molecule has 0 fully saturated rings. The van der Waals surface area contributed by atoms with Crippen LogP contribution in [0.2, 0.25) is 0 Å². The van der Waals surface area contributed by atoms with E-state index in [4.69, 9.17) is 0 Å².